The number of aryl methyl sites for hydroxylation is 1. The number of furan rings is 1. The Hall–Kier alpha value is -2.09. The van der Waals surface area contributed by atoms with Crippen LogP contribution in [0.25, 0.3) is 22.4 Å². The highest BCUT2D eigenvalue weighted by atomic mass is 16.3. The summed E-state index contributed by atoms with van der Waals surface area (Å²) in [4.78, 5) is 4.61. The van der Waals surface area contributed by atoms with E-state index in [1.165, 1.54) is 16.7 Å². The van der Waals surface area contributed by atoms with Crippen LogP contribution in [0.15, 0.2) is 47.1 Å². The van der Waals surface area contributed by atoms with Gasteiger partial charge in [-0.25, -0.2) is 4.98 Å². The first-order valence-corrected chi connectivity index (χ1v) is 7.13. The van der Waals surface area contributed by atoms with E-state index in [-0.39, 0.29) is 0 Å². The summed E-state index contributed by atoms with van der Waals surface area (Å²) in [5.74, 6) is 0.570. The molecule has 2 nitrogen and oxygen atoms in total. The third-order valence-electron chi connectivity index (χ3n) is 3.89. The highest BCUT2D eigenvalue weighted by Gasteiger charge is 2.08. The molecule has 0 amide bonds. The van der Waals surface area contributed by atoms with E-state index in [2.05, 4.69) is 56.1 Å². The van der Waals surface area contributed by atoms with Crippen LogP contribution in [0.2, 0.25) is 0 Å². The average Bonchev–Trinajstić information content (AvgIpc) is 2.93. The largest absolute Gasteiger partial charge is 0.446 e. The zero-order valence-corrected chi connectivity index (χ0v) is 12.2. The predicted octanol–water partition coefficient (Wildman–Crippen LogP) is 5.32. The van der Waals surface area contributed by atoms with Gasteiger partial charge < -0.3 is 4.42 Å². The van der Waals surface area contributed by atoms with Crippen molar-refractivity contribution >= 4 is 11.1 Å². The van der Waals surface area contributed by atoms with E-state index in [0.717, 1.165) is 17.5 Å². The first-order valence-electron chi connectivity index (χ1n) is 7.13. The second-order valence-electron chi connectivity index (χ2n) is 5.45. The third-order valence-corrected chi connectivity index (χ3v) is 3.89. The minimum atomic E-state index is 0.570. The monoisotopic (exact) mass is 265 g/mol. The second-order valence-corrected chi connectivity index (χ2v) is 5.45. The van der Waals surface area contributed by atoms with Crippen molar-refractivity contribution in [3.8, 4) is 11.3 Å². The minimum Gasteiger partial charge on any atom is -0.446 e. The number of nitrogens with zero attached hydrogens (tertiary/aromatic N) is 1. The summed E-state index contributed by atoms with van der Waals surface area (Å²) in [6.07, 6.45) is 2.83. The van der Waals surface area contributed by atoms with Crippen molar-refractivity contribution < 1.29 is 4.42 Å². The number of pyridine rings is 1. The fourth-order valence-corrected chi connectivity index (χ4v) is 2.49. The number of hydrogen-bond acceptors (Lipinski definition) is 2. The second kappa shape index (κ2) is 5.12. The van der Waals surface area contributed by atoms with Crippen LogP contribution in [0, 0.1) is 6.92 Å². The zero-order valence-electron chi connectivity index (χ0n) is 12.2. The van der Waals surface area contributed by atoms with Gasteiger partial charge in [-0.3, -0.25) is 0 Å². The molecule has 1 unspecified atom stereocenters. The molecule has 0 radical (unpaired) electrons. The molecular formula is C18H19NO. The summed E-state index contributed by atoms with van der Waals surface area (Å²) < 4.78 is 5.40. The lowest BCUT2D eigenvalue weighted by Gasteiger charge is -2.12. The van der Waals surface area contributed by atoms with Crippen molar-refractivity contribution in [3.63, 3.8) is 0 Å². The van der Waals surface area contributed by atoms with Crippen LogP contribution in [-0.2, 0) is 0 Å². The van der Waals surface area contributed by atoms with Crippen LogP contribution in [0.1, 0.15) is 37.3 Å². The molecule has 2 aromatic heterocycles. The number of aromatic nitrogens is 1. The standard InChI is InChI=1S/C18H19NO/c1-4-13(3)15-9-12(2)10-16(11-15)17-6-5-14-7-8-20-18(14)19-17/h5-11,13H,4H2,1-3H3. The van der Waals surface area contributed by atoms with Gasteiger partial charge >= 0.3 is 0 Å². The van der Waals surface area contributed by atoms with Crippen LogP contribution in [-0.4, -0.2) is 4.98 Å². The molecule has 1 aromatic carbocycles. The van der Waals surface area contributed by atoms with Gasteiger partial charge in [0, 0.05) is 10.9 Å². The summed E-state index contributed by atoms with van der Waals surface area (Å²) >= 11 is 0. The van der Waals surface area contributed by atoms with Crippen molar-refractivity contribution in [3.05, 3.63) is 53.8 Å². The Balaban J connectivity index is 2.10. The quantitative estimate of drug-likeness (QED) is 0.640. The molecule has 2 heteroatoms. The lowest BCUT2D eigenvalue weighted by atomic mass is 9.94. The topological polar surface area (TPSA) is 26.0 Å². The molecule has 0 aliphatic rings. The lowest BCUT2D eigenvalue weighted by Crippen LogP contribution is -1.94. The van der Waals surface area contributed by atoms with Gasteiger partial charge in [0.2, 0.25) is 5.71 Å². The summed E-state index contributed by atoms with van der Waals surface area (Å²) in [6, 6.07) is 12.8. The van der Waals surface area contributed by atoms with E-state index in [1.54, 1.807) is 6.26 Å². The summed E-state index contributed by atoms with van der Waals surface area (Å²) in [5.41, 5.74) is 5.50. The average molecular weight is 265 g/mol. The minimum absolute atomic E-state index is 0.570. The number of rotatable bonds is 3. The maximum absolute atomic E-state index is 5.40. The molecule has 0 aliphatic heterocycles. The van der Waals surface area contributed by atoms with Gasteiger partial charge in [-0.2, -0.15) is 0 Å². The lowest BCUT2D eigenvalue weighted by molar-refractivity contribution is 0.603. The van der Waals surface area contributed by atoms with E-state index in [9.17, 15) is 0 Å². The maximum atomic E-state index is 5.40. The van der Waals surface area contributed by atoms with Crippen molar-refractivity contribution in [2.75, 3.05) is 0 Å². The first-order chi connectivity index (χ1) is 9.67. The molecule has 0 spiro atoms. The third kappa shape index (κ3) is 2.34. The van der Waals surface area contributed by atoms with Crippen LogP contribution < -0.4 is 0 Å². The molecule has 0 bridgehead atoms. The molecule has 0 saturated carbocycles. The molecule has 102 valence electrons. The van der Waals surface area contributed by atoms with Crippen molar-refractivity contribution in [1.82, 2.24) is 4.98 Å². The molecule has 20 heavy (non-hydrogen) atoms. The Labute approximate surface area is 119 Å². The predicted molar refractivity (Wildman–Crippen MR) is 82.9 cm³/mol. The van der Waals surface area contributed by atoms with Crippen LogP contribution in [0.5, 0.6) is 0 Å². The molecule has 3 rings (SSSR count). The molecule has 0 saturated heterocycles. The molecule has 3 aromatic rings. The Bertz CT molecular complexity index is 742. The van der Waals surface area contributed by atoms with E-state index in [4.69, 9.17) is 4.42 Å². The Kier molecular flexibility index (Phi) is 3.31. The number of hydrogen-bond donors (Lipinski definition) is 0. The smallest absolute Gasteiger partial charge is 0.226 e. The van der Waals surface area contributed by atoms with Gasteiger partial charge in [-0.15, -0.1) is 0 Å². The number of benzene rings is 1. The van der Waals surface area contributed by atoms with Crippen molar-refractivity contribution in [1.29, 1.82) is 0 Å². The zero-order chi connectivity index (χ0) is 14.1. The Morgan fingerprint density at radius 1 is 1.15 bits per heavy atom. The van der Waals surface area contributed by atoms with Gasteiger partial charge in [0.25, 0.3) is 0 Å². The molecule has 2 heterocycles. The molecule has 0 fully saturated rings. The maximum Gasteiger partial charge on any atom is 0.226 e. The van der Waals surface area contributed by atoms with Crippen LogP contribution >= 0.6 is 0 Å². The van der Waals surface area contributed by atoms with Crippen LogP contribution in [0.4, 0.5) is 0 Å². The van der Waals surface area contributed by atoms with E-state index < -0.39 is 0 Å². The summed E-state index contributed by atoms with van der Waals surface area (Å²) in [7, 11) is 0. The van der Waals surface area contributed by atoms with Crippen LogP contribution in [0.3, 0.4) is 0 Å². The molecular weight excluding hydrogens is 246 g/mol. The van der Waals surface area contributed by atoms with Gasteiger partial charge in [0.1, 0.15) is 0 Å². The highest BCUT2D eigenvalue weighted by Crippen LogP contribution is 2.27. The number of fused-ring (bicyclic) bond motifs is 1. The van der Waals surface area contributed by atoms with E-state index in [0.29, 0.717) is 11.6 Å². The van der Waals surface area contributed by atoms with E-state index in [1.807, 2.05) is 6.07 Å². The van der Waals surface area contributed by atoms with Gasteiger partial charge in [-0.05, 0) is 55.2 Å². The summed E-state index contributed by atoms with van der Waals surface area (Å²) in [6.45, 7) is 6.63. The molecule has 0 aliphatic carbocycles. The molecule has 0 N–H and O–H groups in total. The SMILES string of the molecule is CCC(C)c1cc(C)cc(-c2ccc3ccoc3n2)c1. The Morgan fingerprint density at radius 3 is 2.80 bits per heavy atom. The highest BCUT2D eigenvalue weighted by molar-refractivity contribution is 5.77. The van der Waals surface area contributed by atoms with Crippen molar-refractivity contribution in [2.24, 2.45) is 0 Å². The summed E-state index contributed by atoms with van der Waals surface area (Å²) in [5, 5.41) is 1.04. The van der Waals surface area contributed by atoms with Gasteiger partial charge in [0.15, 0.2) is 0 Å². The van der Waals surface area contributed by atoms with Gasteiger partial charge in [-0.1, -0.05) is 25.5 Å². The normalized spacial score (nSPS) is 12.8. The fraction of sp³-hybridized carbons (Fsp3) is 0.278. The molecule has 1 atom stereocenters. The fourth-order valence-electron chi connectivity index (χ4n) is 2.49. The van der Waals surface area contributed by atoms with E-state index >= 15 is 0 Å². The van der Waals surface area contributed by atoms with Gasteiger partial charge in [0.05, 0.1) is 12.0 Å². The Morgan fingerprint density at radius 2 is 2.00 bits per heavy atom. The first kappa shape index (κ1) is 12.9. The van der Waals surface area contributed by atoms with Crippen molar-refractivity contribution in [2.45, 2.75) is 33.1 Å².